The zero-order valence-electron chi connectivity index (χ0n) is 16.1. The third-order valence-electron chi connectivity index (χ3n) is 4.86. The molecule has 0 bridgehead atoms. The first-order valence-electron chi connectivity index (χ1n) is 9.41. The largest absolute Gasteiger partial charge is 0.478 e. The average Bonchev–Trinajstić information content (AvgIpc) is 2.73. The number of nitrogens with one attached hydrogen (secondary N) is 1. The summed E-state index contributed by atoms with van der Waals surface area (Å²) < 4.78 is 5.27. The van der Waals surface area contributed by atoms with Gasteiger partial charge in [-0.15, -0.1) is 0 Å². The number of carboxylic acid groups (broad SMARTS) is 1. The smallest absolute Gasteiger partial charge is 0.335 e. The lowest BCUT2D eigenvalue weighted by Crippen LogP contribution is -2.32. The lowest BCUT2D eigenvalue weighted by atomic mass is 10.0. The van der Waals surface area contributed by atoms with Gasteiger partial charge in [0.05, 0.1) is 17.9 Å². The minimum absolute atomic E-state index is 0.217. The van der Waals surface area contributed by atoms with Crippen LogP contribution in [0.15, 0.2) is 54.6 Å². The van der Waals surface area contributed by atoms with Crippen molar-refractivity contribution < 1.29 is 14.6 Å². The van der Waals surface area contributed by atoms with Gasteiger partial charge in [-0.05, 0) is 35.7 Å². The monoisotopic (exact) mass is 390 g/mol. The number of anilines is 3. The zero-order chi connectivity index (χ0) is 20.2. The van der Waals surface area contributed by atoms with E-state index in [1.54, 1.807) is 31.4 Å². The average molecular weight is 390 g/mol. The van der Waals surface area contributed by atoms with E-state index in [1.807, 2.05) is 12.1 Å². The van der Waals surface area contributed by atoms with Gasteiger partial charge >= 0.3 is 5.97 Å². The normalized spacial score (nSPS) is 13.1. The van der Waals surface area contributed by atoms with Gasteiger partial charge in [-0.2, -0.15) is 4.98 Å². The zero-order valence-corrected chi connectivity index (χ0v) is 16.1. The Kier molecular flexibility index (Phi) is 5.39. The second-order valence-electron chi connectivity index (χ2n) is 6.93. The first kappa shape index (κ1) is 18.9. The Morgan fingerprint density at radius 2 is 1.97 bits per heavy atom. The standard InChI is InChI=1S/C22H22N4O3/c1-29-14-19-12-20(23-18-8-4-7-16(11-18)21(27)28)25-22(24-19)26-10-9-15-5-2-3-6-17(15)13-26/h2-8,11-12H,9-10,13-14H2,1H3,(H,27,28)(H,23,24,25). The van der Waals surface area contributed by atoms with Gasteiger partial charge in [0.1, 0.15) is 5.82 Å². The summed E-state index contributed by atoms with van der Waals surface area (Å²) in [5.41, 5.74) is 4.27. The summed E-state index contributed by atoms with van der Waals surface area (Å²) in [5, 5.41) is 12.4. The lowest BCUT2D eigenvalue weighted by Gasteiger charge is -2.29. The van der Waals surface area contributed by atoms with E-state index in [4.69, 9.17) is 4.74 Å². The molecule has 3 aromatic rings. The number of methoxy groups -OCH3 is 1. The van der Waals surface area contributed by atoms with Crippen LogP contribution in [0.1, 0.15) is 27.2 Å². The van der Waals surface area contributed by atoms with Crippen molar-refractivity contribution in [3.05, 3.63) is 77.0 Å². The third kappa shape index (κ3) is 4.35. The first-order valence-corrected chi connectivity index (χ1v) is 9.41. The molecule has 0 aliphatic carbocycles. The predicted octanol–water partition coefficient (Wildman–Crippen LogP) is 3.63. The topological polar surface area (TPSA) is 87.6 Å². The number of fused-ring (bicyclic) bond motifs is 1. The minimum Gasteiger partial charge on any atom is -0.478 e. The van der Waals surface area contributed by atoms with E-state index in [2.05, 4.69) is 38.4 Å². The summed E-state index contributed by atoms with van der Waals surface area (Å²) in [5.74, 6) is 0.262. The Bertz CT molecular complexity index is 1040. The number of carboxylic acids is 1. The summed E-state index contributed by atoms with van der Waals surface area (Å²) in [4.78, 5) is 22.7. The third-order valence-corrected chi connectivity index (χ3v) is 4.86. The number of aromatic nitrogens is 2. The van der Waals surface area contributed by atoms with Crippen LogP contribution >= 0.6 is 0 Å². The molecule has 0 amide bonds. The molecule has 148 valence electrons. The molecule has 0 atom stereocenters. The molecular formula is C22H22N4O3. The molecule has 0 radical (unpaired) electrons. The molecule has 0 saturated carbocycles. The van der Waals surface area contributed by atoms with Crippen molar-refractivity contribution in [1.29, 1.82) is 0 Å². The van der Waals surface area contributed by atoms with Gasteiger partial charge in [0.25, 0.3) is 0 Å². The molecule has 4 rings (SSSR count). The Morgan fingerprint density at radius 3 is 2.76 bits per heavy atom. The number of rotatable bonds is 6. The van der Waals surface area contributed by atoms with E-state index in [-0.39, 0.29) is 5.56 Å². The van der Waals surface area contributed by atoms with Crippen LogP contribution in [-0.2, 0) is 24.3 Å². The fourth-order valence-corrected chi connectivity index (χ4v) is 3.46. The molecule has 2 N–H and O–H groups in total. The second-order valence-corrected chi connectivity index (χ2v) is 6.93. The van der Waals surface area contributed by atoms with Crippen molar-refractivity contribution in [2.45, 2.75) is 19.6 Å². The summed E-state index contributed by atoms with van der Waals surface area (Å²) in [6, 6.07) is 16.9. The number of hydrogen-bond acceptors (Lipinski definition) is 6. The van der Waals surface area contributed by atoms with Crippen molar-refractivity contribution in [3.63, 3.8) is 0 Å². The maximum absolute atomic E-state index is 11.2. The maximum Gasteiger partial charge on any atom is 0.335 e. The van der Waals surface area contributed by atoms with Crippen LogP contribution in [0, 0.1) is 0 Å². The molecular weight excluding hydrogens is 368 g/mol. The highest BCUT2D eigenvalue weighted by atomic mass is 16.5. The molecule has 1 aromatic heterocycles. The number of aromatic carboxylic acids is 1. The van der Waals surface area contributed by atoms with Gasteiger partial charge in [0, 0.05) is 32.0 Å². The Labute approximate surface area is 169 Å². The van der Waals surface area contributed by atoms with Crippen LogP contribution in [0.2, 0.25) is 0 Å². The predicted molar refractivity (Wildman–Crippen MR) is 111 cm³/mol. The van der Waals surface area contributed by atoms with Gasteiger partial charge in [-0.1, -0.05) is 30.3 Å². The van der Waals surface area contributed by atoms with Gasteiger partial charge in [-0.25, -0.2) is 9.78 Å². The molecule has 7 nitrogen and oxygen atoms in total. The Hall–Kier alpha value is -3.45. The van der Waals surface area contributed by atoms with Crippen LogP contribution < -0.4 is 10.2 Å². The number of nitrogens with zero attached hydrogens (tertiary/aromatic N) is 3. The van der Waals surface area contributed by atoms with E-state index in [0.717, 1.165) is 25.2 Å². The van der Waals surface area contributed by atoms with Gasteiger partial charge in [0.2, 0.25) is 5.95 Å². The van der Waals surface area contributed by atoms with Crippen molar-refractivity contribution in [3.8, 4) is 0 Å². The quantitative estimate of drug-likeness (QED) is 0.664. The van der Waals surface area contributed by atoms with Crippen molar-refractivity contribution in [2.24, 2.45) is 0 Å². The van der Waals surface area contributed by atoms with Crippen LogP contribution in [0.3, 0.4) is 0 Å². The molecule has 1 aliphatic rings. The van der Waals surface area contributed by atoms with Gasteiger partial charge < -0.3 is 20.1 Å². The Balaban J connectivity index is 1.63. The first-order chi connectivity index (χ1) is 14.1. The highest BCUT2D eigenvalue weighted by Crippen LogP contribution is 2.25. The molecule has 2 heterocycles. The lowest BCUT2D eigenvalue weighted by molar-refractivity contribution is 0.0697. The summed E-state index contributed by atoms with van der Waals surface area (Å²) in [6.45, 7) is 1.95. The summed E-state index contributed by atoms with van der Waals surface area (Å²) in [6.07, 6.45) is 0.942. The molecule has 2 aromatic carbocycles. The van der Waals surface area contributed by atoms with E-state index in [1.165, 1.54) is 11.1 Å². The van der Waals surface area contributed by atoms with E-state index in [0.29, 0.717) is 24.1 Å². The number of ether oxygens (including phenoxy) is 1. The Morgan fingerprint density at radius 1 is 1.14 bits per heavy atom. The van der Waals surface area contributed by atoms with E-state index in [9.17, 15) is 9.90 Å². The molecule has 0 spiro atoms. The van der Waals surface area contributed by atoms with Crippen LogP contribution in [0.4, 0.5) is 17.5 Å². The molecule has 1 aliphatic heterocycles. The summed E-state index contributed by atoms with van der Waals surface area (Å²) >= 11 is 0. The fraction of sp³-hybridized carbons (Fsp3) is 0.227. The molecule has 7 heteroatoms. The van der Waals surface area contributed by atoms with E-state index < -0.39 is 5.97 Å². The van der Waals surface area contributed by atoms with Crippen LogP contribution in [-0.4, -0.2) is 34.7 Å². The maximum atomic E-state index is 11.2. The minimum atomic E-state index is -0.968. The van der Waals surface area contributed by atoms with Crippen molar-refractivity contribution in [1.82, 2.24) is 9.97 Å². The SMILES string of the molecule is COCc1cc(Nc2cccc(C(=O)O)c2)nc(N2CCc3ccccc3C2)n1. The second kappa shape index (κ2) is 8.28. The van der Waals surface area contributed by atoms with Crippen LogP contribution in [0.25, 0.3) is 0 Å². The van der Waals surface area contributed by atoms with Crippen LogP contribution in [0.5, 0.6) is 0 Å². The van der Waals surface area contributed by atoms with Crippen molar-refractivity contribution in [2.75, 3.05) is 23.9 Å². The highest BCUT2D eigenvalue weighted by molar-refractivity contribution is 5.89. The molecule has 0 fully saturated rings. The highest BCUT2D eigenvalue weighted by Gasteiger charge is 2.19. The summed E-state index contributed by atoms with van der Waals surface area (Å²) in [7, 11) is 1.63. The van der Waals surface area contributed by atoms with Gasteiger partial charge in [0.15, 0.2) is 0 Å². The van der Waals surface area contributed by atoms with Gasteiger partial charge in [-0.3, -0.25) is 0 Å². The van der Waals surface area contributed by atoms with Crippen molar-refractivity contribution >= 4 is 23.4 Å². The molecule has 0 unspecified atom stereocenters. The number of benzene rings is 2. The molecule has 0 saturated heterocycles. The number of carbonyl (C=O) groups is 1. The molecule has 29 heavy (non-hydrogen) atoms. The van der Waals surface area contributed by atoms with E-state index >= 15 is 0 Å². The number of hydrogen-bond donors (Lipinski definition) is 2. The fourth-order valence-electron chi connectivity index (χ4n) is 3.46.